The number of fused-ring (bicyclic) bond motifs is 3. The van der Waals surface area contributed by atoms with Gasteiger partial charge in [-0.2, -0.15) is 0 Å². The molecule has 1 unspecified atom stereocenters. The summed E-state index contributed by atoms with van der Waals surface area (Å²) in [5, 5.41) is 0.752. The summed E-state index contributed by atoms with van der Waals surface area (Å²) in [7, 11) is 0. The minimum atomic E-state index is -0.637. The highest BCUT2D eigenvalue weighted by molar-refractivity contribution is 5.94. The fraction of sp³-hybridized carbons (Fsp3) is 0.583. The minimum absolute atomic E-state index is 0.0184. The maximum absolute atomic E-state index is 13.7. The van der Waals surface area contributed by atoms with Crippen LogP contribution in [-0.2, 0) is 9.53 Å². The van der Waals surface area contributed by atoms with Crippen molar-refractivity contribution < 1.29 is 23.4 Å². The molecule has 1 aromatic carbocycles. The molecule has 2 fully saturated rings. The van der Waals surface area contributed by atoms with E-state index < -0.39 is 28.5 Å². The molecule has 1 aliphatic carbocycles. The van der Waals surface area contributed by atoms with Crippen molar-refractivity contribution in [1.82, 2.24) is 0 Å². The summed E-state index contributed by atoms with van der Waals surface area (Å²) in [6, 6.07) is 4.95. The van der Waals surface area contributed by atoms with Crippen molar-refractivity contribution in [2.24, 2.45) is 11.8 Å². The van der Waals surface area contributed by atoms with Crippen LogP contribution in [0.3, 0.4) is 0 Å². The molecule has 6 nitrogen and oxygen atoms in total. The highest BCUT2D eigenvalue weighted by atomic mass is 16.6. The molecule has 0 spiro atoms. The molecule has 3 aliphatic heterocycles. The molecule has 30 heavy (non-hydrogen) atoms. The molecule has 0 amide bonds. The second-order valence-electron chi connectivity index (χ2n) is 10.6. The van der Waals surface area contributed by atoms with Crippen LogP contribution in [0.15, 0.2) is 27.4 Å². The lowest BCUT2D eigenvalue weighted by Crippen LogP contribution is -2.61. The fourth-order valence-electron chi connectivity index (χ4n) is 6.24. The third-order valence-electron chi connectivity index (χ3n) is 7.78. The zero-order chi connectivity index (χ0) is 21.2. The van der Waals surface area contributed by atoms with Gasteiger partial charge in [0.05, 0.1) is 16.9 Å². The van der Waals surface area contributed by atoms with E-state index in [0.29, 0.717) is 17.1 Å². The Kier molecular flexibility index (Phi) is 3.24. The normalized spacial score (nSPS) is 36.6. The zero-order valence-electron chi connectivity index (χ0n) is 17.9. The average Bonchev–Trinajstić information content (AvgIpc) is 3.27. The van der Waals surface area contributed by atoms with E-state index in [4.69, 9.17) is 18.6 Å². The number of carbonyl (C=O) groups excluding carboxylic acids is 1. The van der Waals surface area contributed by atoms with Crippen molar-refractivity contribution in [3.63, 3.8) is 0 Å². The summed E-state index contributed by atoms with van der Waals surface area (Å²) < 4.78 is 24.3. The van der Waals surface area contributed by atoms with Gasteiger partial charge in [-0.1, -0.05) is 0 Å². The van der Waals surface area contributed by atoms with E-state index in [1.54, 1.807) is 12.1 Å². The molecule has 5 atom stereocenters. The molecular weight excluding hydrogens is 384 g/mol. The average molecular weight is 410 g/mol. The molecular formula is C24H26O6. The van der Waals surface area contributed by atoms with Crippen molar-refractivity contribution in [2.75, 3.05) is 0 Å². The van der Waals surface area contributed by atoms with Crippen molar-refractivity contribution in [3.05, 3.63) is 34.2 Å². The Hall–Kier alpha value is -2.34. The molecule has 2 bridgehead atoms. The van der Waals surface area contributed by atoms with E-state index in [1.165, 1.54) is 6.07 Å². The van der Waals surface area contributed by atoms with Gasteiger partial charge in [0.2, 0.25) is 0 Å². The topological polar surface area (TPSA) is 78.3 Å². The smallest absolute Gasteiger partial charge is 0.336 e. The predicted octanol–water partition coefficient (Wildman–Crippen LogP) is 3.97. The number of ether oxygens (including phenoxy) is 3. The molecule has 1 aromatic heterocycles. The van der Waals surface area contributed by atoms with Gasteiger partial charge in [-0.25, -0.2) is 4.79 Å². The zero-order valence-corrected chi connectivity index (χ0v) is 17.9. The maximum atomic E-state index is 13.7. The summed E-state index contributed by atoms with van der Waals surface area (Å²) >= 11 is 0. The van der Waals surface area contributed by atoms with Crippen molar-refractivity contribution in [3.8, 4) is 11.5 Å². The van der Waals surface area contributed by atoms with E-state index in [1.807, 2.05) is 20.8 Å². The fourth-order valence-corrected chi connectivity index (χ4v) is 6.24. The first kappa shape index (κ1) is 18.4. The third-order valence-corrected chi connectivity index (χ3v) is 7.78. The third kappa shape index (κ3) is 2.23. The standard InChI is InChI=1S/C24H26O6/c1-22(2)12-8-9-24(5)18(19(26)21-23(3,4)30-21)16(12)17-14(28-22)10-13-11(20(17)29-24)6-7-15(25)27-13/h6-7,10,12,16,18,21H,8-9H2,1-5H3/t12-,16-,18+,21?,24+/m1/s1. The predicted molar refractivity (Wildman–Crippen MR) is 109 cm³/mol. The van der Waals surface area contributed by atoms with Crippen LogP contribution >= 0.6 is 0 Å². The molecule has 0 radical (unpaired) electrons. The summed E-state index contributed by atoms with van der Waals surface area (Å²) in [4.78, 5) is 25.5. The number of Topliss-reactive ketones (excluding diaryl/α,β-unsaturated/α-hetero) is 1. The number of hydrogen-bond donors (Lipinski definition) is 0. The number of hydrogen-bond acceptors (Lipinski definition) is 6. The Morgan fingerprint density at radius 1 is 1.07 bits per heavy atom. The van der Waals surface area contributed by atoms with Crippen LogP contribution < -0.4 is 15.1 Å². The van der Waals surface area contributed by atoms with E-state index >= 15 is 0 Å². The maximum Gasteiger partial charge on any atom is 0.336 e. The van der Waals surface area contributed by atoms with Gasteiger partial charge in [0.15, 0.2) is 5.78 Å². The monoisotopic (exact) mass is 410 g/mol. The highest BCUT2D eigenvalue weighted by Crippen LogP contribution is 2.64. The molecule has 4 aliphatic rings. The van der Waals surface area contributed by atoms with E-state index in [0.717, 1.165) is 23.8 Å². The van der Waals surface area contributed by atoms with Gasteiger partial charge in [-0.15, -0.1) is 0 Å². The largest absolute Gasteiger partial charge is 0.487 e. The van der Waals surface area contributed by atoms with Gasteiger partial charge in [-0.05, 0) is 53.5 Å². The van der Waals surface area contributed by atoms with Crippen LogP contribution in [0.1, 0.15) is 58.9 Å². The van der Waals surface area contributed by atoms with Crippen LogP contribution in [0, 0.1) is 11.8 Å². The van der Waals surface area contributed by atoms with Crippen molar-refractivity contribution in [2.45, 2.75) is 76.3 Å². The molecule has 4 heterocycles. The SMILES string of the molecule is CC1(C)OC1C(=O)[C@@H]1[C@H]2c3c4cc5oc(=O)ccc5c3O[C@@]1(C)CC[C@H]2C(C)(C)O4. The van der Waals surface area contributed by atoms with Crippen molar-refractivity contribution in [1.29, 1.82) is 0 Å². The first-order chi connectivity index (χ1) is 14.0. The van der Waals surface area contributed by atoms with E-state index in [9.17, 15) is 9.59 Å². The lowest BCUT2D eigenvalue weighted by Gasteiger charge is -2.58. The Labute approximate surface area is 174 Å². The molecule has 1 saturated carbocycles. The Balaban J connectivity index is 1.63. The van der Waals surface area contributed by atoms with Crippen molar-refractivity contribution >= 4 is 16.8 Å². The van der Waals surface area contributed by atoms with Gasteiger partial charge in [-0.3, -0.25) is 4.79 Å². The van der Waals surface area contributed by atoms with Crippen LogP contribution in [0.5, 0.6) is 11.5 Å². The Morgan fingerprint density at radius 2 is 1.80 bits per heavy atom. The minimum Gasteiger partial charge on any atom is -0.487 e. The quantitative estimate of drug-likeness (QED) is 0.551. The molecule has 2 aromatic rings. The van der Waals surface area contributed by atoms with Gasteiger partial charge >= 0.3 is 5.63 Å². The molecule has 6 rings (SSSR count). The Morgan fingerprint density at radius 3 is 2.50 bits per heavy atom. The number of ketones is 1. The first-order valence-electron chi connectivity index (χ1n) is 10.7. The number of carbonyl (C=O) groups is 1. The van der Waals surface area contributed by atoms with Gasteiger partial charge in [0.1, 0.15) is 34.4 Å². The molecule has 158 valence electrons. The van der Waals surface area contributed by atoms with E-state index in [-0.39, 0.29) is 23.5 Å². The van der Waals surface area contributed by atoms with Crippen LogP contribution in [-0.4, -0.2) is 28.7 Å². The molecule has 6 heteroatoms. The van der Waals surface area contributed by atoms with E-state index in [2.05, 4.69) is 13.8 Å². The highest BCUT2D eigenvalue weighted by Gasteiger charge is 2.66. The summed E-state index contributed by atoms with van der Waals surface area (Å²) in [6.45, 7) is 10.1. The number of epoxide rings is 1. The first-order valence-corrected chi connectivity index (χ1v) is 10.7. The van der Waals surface area contributed by atoms with Gasteiger partial charge in [0, 0.05) is 29.5 Å². The summed E-state index contributed by atoms with van der Waals surface area (Å²) in [6.07, 6.45) is 1.29. The second kappa shape index (κ2) is 5.28. The van der Waals surface area contributed by atoms with Crippen LogP contribution in [0.4, 0.5) is 0 Å². The molecule has 0 N–H and O–H groups in total. The number of benzene rings is 1. The summed E-state index contributed by atoms with van der Waals surface area (Å²) in [5.41, 5.74) is -0.523. The lowest BCUT2D eigenvalue weighted by molar-refractivity contribution is -0.149. The number of rotatable bonds is 2. The van der Waals surface area contributed by atoms with Crippen LogP contribution in [0.25, 0.3) is 11.0 Å². The van der Waals surface area contributed by atoms with Crippen LogP contribution in [0.2, 0.25) is 0 Å². The Bertz CT molecular complexity index is 1170. The lowest BCUT2D eigenvalue weighted by atomic mass is 9.54. The van der Waals surface area contributed by atoms with Gasteiger partial charge < -0.3 is 18.6 Å². The van der Waals surface area contributed by atoms with Gasteiger partial charge in [0.25, 0.3) is 0 Å². The second-order valence-corrected chi connectivity index (χ2v) is 10.6. The molecule has 1 saturated heterocycles. The summed E-state index contributed by atoms with van der Waals surface area (Å²) in [5.74, 6) is 1.34.